The Morgan fingerprint density at radius 3 is 2.94 bits per heavy atom. The molecule has 0 aliphatic carbocycles. The first-order chi connectivity index (χ1) is 8.09. The van der Waals surface area contributed by atoms with Gasteiger partial charge < -0.3 is 10.0 Å². The number of aromatic nitrogens is 3. The van der Waals surface area contributed by atoms with Crippen LogP contribution in [0, 0.1) is 6.92 Å². The zero-order chi connectivity index (χ0) is 12.0. The van der Waals surface area contributed by atoms with Crippen LogP contribution in [0.2, 0.25) is 0 Å². The van der Waals surface area contributed by atoms with Crippen molar-refractivity contribution < 1.29 is 9.50 Å². The highest BCUT2D eigenvalue weighted by Crippen LogP contribution is 2.30. The number of pyridine rings is 1. The Bertz CT molecular complexity index is 562. The Labute approximate surface area is 97.5 Å². The van der Waals surface area contributed by atoms with E-state index in [1.165, 1.54) is 0 Å². The molecule has 5 nitrogen and oxygen atoms in total. The van der Waals surface area contributed by atoms with Crippen molar-refractivity contribution in [3.05, 3.63) is 24.2 Å². The molecule has 0 spiro atoms. The zero-order valence-corrected chi connectivity index (χ0v) is 9.47. The van der Waals surface area contributed by atoms with E-state index in [0.717, 1.165) is 11.3 Å². The van der Waals surface area contributed by atoms with Gasteiger partial charge in [-0.2, -0.15) is 5.10 Å². The molecule has 1 aliphatic rings. The third kappa shape index (κ3) is 1.64. The lowest BCUT2D eigenvalue weighted by molar-refractivity contribution is 0.0444. The minimum atomic E-state index is -1.45. The third-order valence-electron chi connectivity index (χ3n) is 3.02. The molecule has 3 heterocycles. The standard InChI is InChI=1S/C11H13FN4O/c1-8-13-10-3-2-9(4-16(10)14-8)15-5-11(12,6-15)7-17/h2-4,17H,5-7H2,1H3. The van der Waals surface area contributed by atoms with Gasteiger partial charge in [-0.15, -0.1) is 0 Å². The van der Waals surface area contributed by atoms with Crippen molar-refractivity contribution in [1.82, 2.24) is 14.6 Å². The van der Waals surface area contributed by atoms with Crippen LogP contribution in [-0.4, -0.2) is 45.1 Å². The lowest BCUT2D eigenvalue weighted by Crippen LogP contribution is -2.61. The van der Waals surface area contributed by atoms with Crippen LogP contribution in [0.1, 0.15) is 5.82 Å². The van der Waals surface area contributed by atoms with Crippen molar-refractivity contribution >= 4 is 11.3 Å². The van der Waals surface area contributed by atoms with Crippen LogP contribution in [0.3, 0.4) is 0 Å². The van der Waals surface area contributed by atoms with Crippen molar-refractivity contribution in [3.8, 4) is 0 Å². The lowest BCUT2D eigenvalue weighted by Gasteiger charge is -2.44. The number of hydrogen-bond acceptors (Lipinski definition) is 4. The average Bonchev–Trinajstić information content (AvgIpc) is 2.63. The van der Waals surface area contributed by atoms with Crippen LogP contribution in [0.5, 0.6) is 0 Å². The second kappa shape index (κ2) is 3.40. The molecule has 90 valence electrons. The summed E-state index contributed by atoms with van der Waals surface area (Å²) in [5.74, 6) is 0.709. The molecule has 0 bridgehead atoms. The van der Waals surface area contributed by atoms with Crippen LogP contribution in [0.15, 0.2) is 18.3 Å². The Hall–Kier alpha value is -1.69. The monoisotopic (exact) mass is 236 g/mol. The topological polar surface area (TPSA) is 53.7 Å². The molecule has 1 aliphatic heterocycles. The largest absolute Gasteiger partial charge is 0.393 e. The van der Waals surface area contributed by atoms with Gasteiger partial charge >= 0.3 is 0 Å². The van der Waals surface area contributed by atoms with Crippen molar-refractivity contribution in [1.29, 1.82) is 0 Å². The molecule has 2 aromatic rings. The predicted octanol–water partition coefficient (Wildman–Crippen LogP) is 0.558. The van der Waals surface area contributed by atoms with Crippen molar-refractivity contribution in [2.24, 2.45) is 0 Å². The maximum Gasteiger partial charge on any atom is 0.168 e. The molecule has 1 saturated heterocycles. The number of aliphatic hydroxyl groups excluding tert-OH is 1. The summed E-state index contributed by atoms with van der Waals surface area (Å²) in [5.41, 5.74) is 0.220. The van der Waals surface area contributed by atoms with Crippen molar-refractivity contribution in [2.75, 3.05) is 24.6 Å². The number of halogens is 1. The van der Waals surface area contributed by atoms with Gasteiger partial charge in [0.2, 0.25) is 0 Å². The van der Waals surface area contributed by atoms with Gasteiger partial charge in [-0.1, -0.05) is 0 Å². The molecule has 1 fully saturated rings. The van der Waals surface area contributed by atoms with Gasteiger partial charge in [0.15, 0.2) is 11.3 Å². The number of anilines is 1. The van der Waals surface area contributed by atoms with Crippen LogP contribution >= 0.6 is 0 Å². The van der Waals surface area contributed by atoms with Gasteiger partial charge in [-0.05, 0) is 19.1 Å². The number of nitrogens with zero attached hydrogens (tertiary/aromatic N) is 4. The smallest absolute Gasteiger partial charge is 0.168 e. The second-order valence-corrected chi connectivity index (χ2v) is 4.51. The summed E-state index contributed by atoms with van der Waals surface area (Å²) in [6.07, 6.45) is 1.83. The predicted molar refractivity (Wildman–Crippen MR) is 60.9 cm³/mol. The SMILES string of the molecule is Cc1nc2ccc(N3CC(F)(CO)C3)cn2n1. The average molecular weight is 236 g/mol. The summed E-state index contributed by atoms with van der Waals surface area (Å²) >= 11 is 0. The molecule has 0 radical (unpaired) electrons. The van der Waals surface area contributed by atoms with E-state index in [2.05, 4.69) is 10.1 Å². The first-order valence-electron chi connectivity index (χ1n) is 5.47. The van der Waals surface area contributed by atoms with Crippen LogP contribution in [0.4, 0.5) is 10.1 Å². The van der Waals surface area contributed by atoms with Crippen LogP contribution in [-0.2, 0) is 0 Å². The molecule has 0 unspecified atom stereocenters. The van der Waals surface area contributed by atoms with Crippen LogP contribution in [0.25, 0.3) is 5.65 Å². The third-order valence-corrected chi connectivity index (χ3v) is 3.02. The molecule has 0 atom stereocenters. The number of alkyl halides is 1. The van der Waals surface area contributed by atoms with E-state index in [9.17, 15) is 4.39 Å². The fourth-order valence-corrected chi connectivity index (χ4v) is 2.09. The first kappa shape index (κ1) is 10.5. The Balaban J connectivity index is 1.87. The number of fused-ring (bicyclic) bond motifs is 1. The summed E-state index contributed by atoms with van der Waals surface area (Å²) in [4.78, 5) is 6.09. The number of aliphatic hydroxyl groups is 1. The van der Waals surface area contributed by atoms with E-state index in [0.29, 0.717) is 5.82 Å². The van der Waals surface area contributed by atoms with E-state index in [1.54, 1.807) is 4.52 Å². The molecule has 0 saturated carbocycles. The number of hydrogen-bond donors (Lipinski definition) is 1. The minimum Gasteiger partial charge on any atom is -0.393 e. The summed E-state index contributed by atoms with van der Waals surface area (Å²) in [6, 6.07) is 3.74. The highest BCUT2D eigenvalue weighted by Gasteiger charge is 2.43. The highest BCUT2D eigenvalue weighted by molar-refractivity contribution is 5.54. The summed E-state index contributed by atoms with van der Waals surface area (Å²) < 4.78 is 15.2. The molecule has 1 N–H and O–H groups in total. The van der Waals surface area contributed by atoms with E-state index in [4.69, 9.17) is 5.11 Å². The van der Waals surface area contributed by atoms with Gasteiger partial charge in [-0.25, -0.2) is 13.9 Å². The maximum atomic E-state index is 13.6. The molecule has 17 heavy (non-hydrogen) atoms. The summed E-state index contributed by atoms with van der Waals surface area (Å²) in [7, 11) is 0. The Morgan fingerprint density at radius 1 is 1.47 bits per heavy atom. The maximum absolute atomic E-state index is 13.6. The molecular weight excluding hydrogens is 223 g/mol. The van der Waals surface area contributed by atoms with E-state index < -0.39 is 12.3 Å². The summed E-state index contributed by atoms with van der Waals surface area (Å²) in [5, 5.41) is 13.1. The van der Waals surface area contributed by atoms with E-state index >= 15 is 0 Å². The normalized spacial score (nSPS) is 18.4. The van der Waals surface area contributed by atoms with E-state index in [-0.39, 0.29) is 13.1 Å². The summed E-state index contributed by atoms with van der Waals surface area (Å²) in [6.45, 7) is 1.86. The van der Waals surface area contributed by atoms with Gasteiger partial charge in [0.25, 0.3) is 0 Å². The number of aryl methyl sites for hydroxylation is 1. The first-order valence-corrected chi connectivity index (χ1v) is 5.47. The fourth-order valence-electron chi connectivity index (χ4n) is 2.09. The van der Waals surface area contributed by atoms with Gasteiger partial charge in [0.1, 0.15) is 5.82 Å². The molecular formula is C11H13FN4O. The van der Waals surface area contributed by atoms with Gasteiger partial charge in [0, 0.05) is 0 Å². The minimum absolute atomic E-state index is 0.225. The van der Waals surface area contributed by atoms with Crippen molar-refractivity contribution in [3.63, 3.8) is 0 Å². The Kier molecular flexibility index (Phi) is 2.09. The molecule has 6 heteroatoms. The van der Waals surface area contributed by atoms with E-state index in [1.807, 2.05) is 30.2 Å². The fraction of sp³-hybridized carbons (Fsp3) is 0.455. The van der Waals surface area contributed by atoms with Gasteiger partial charge in [-0.3, -0.25) is 0 Å². The van der Waals surface area contributed by atoms with Crippen molar-refractivity contribution in [2.45, 2.75) is 12.6 Å². The highest BCUT2D eigenvalue weighted by atomic mass is 19.1. The molecule has 3 rings (SSSR count). The van der Waals surface area contributed by atoms with Gasteiger partial charge in [0.05, 0.1) is 31.6 Å². The quantitative estimate of drug-likeness (QED) is 0.827. The molecule has 0 amide bonds. The second-order valence-electron chi connectivity index (χ2n) is 4.51. The number of rotatable bonds is 2. The Morgan fingerprint density at radius 2 is 2.24 bits per heavy atom. The lowest BCUT2D eigenvalue weighted by atomic mass is 9.97. The molecule has 2 aromatic heterocycles. The zero-order valence-electron chi connectivity index (χ0n) is 9.47. The van der Waals surface area contributed by atoms with Crippen LogP contribution < -0.4 is 4.90 Å². The molecule has 0 aromatic carbocycles.